The number of azo groups is 1. The van der Waals surface area contributed by atoms with Crippen LogP contribution in [0.4, 0.5) is 24.7 Å². The second-order valence-electron chi connectivity index (χ2n) is 5.36. The summed E-state index contributed by atoms with van der Waals surface area (Å²) in [6, 6.07) is 7.06. The van der Waals surface area contributed by atoms with Crippen molar-refractivity contribution < 1.29 is 18.3 Å². The summed E-state index contributed by atoms with van der Waals surface area (Å²) in [5, 5.41) is 17.7. The first-order valence-electron chi connectivity index (χ1n) is 7.03. The van der Waals surface area contributed by atoms with E-state index >= 15 is 0 Å². The Balaban J connectivity index is 2.10. The first kappa shape index (κ1) is 16.0. The Hall–Kier alpha value is -2.90. The molecule has 24 heavy (non-hydrogen) atoms. The number of alkyl halides is 3. The summed E-state index contributed by atoms with van der Waals surface area (Å²) in [7, 11) is 0. The topological polar surface area (TPSA) is 62.2 Å². The van der Waals surface area contributed by atoms with Crippen molar-refractivity contribution in [2.45, 2.75) is 20.0 Å². The van der Waals surface area contributed by atoms with Gasteiger partial charge < -0.3 is 5.11 Å². The molecule has 0 aliphatic rings. The number of aryl methyl sites for hydroxylation is 2. The number of imidazole rings is 1. The molecule has 0 fully saturated rings. The standard InChI is InChI=1S/C16H13F3N4O/c1-9-3-5-13(24)12(7-9)21-22-15-10(2)20-14-6-4-11(8-23(14)15)16(17,18)19/h3-8,24H,1-2H3. The quantitative estimate of drug-likeness (QED) is 0.663. The maximum absolute atomic E-state index is 12.9. The normalized spacial score (nSPS) is 12.4. The molecule has 0 aliphatic carbocycles. The minimum absolute atomic E-state index is 0.0631. The number of hydrogen-bond donors (Lipinski definition) is 1. The largest absolute Gasteiger partial charge is 0.506 e. The molecule has 0 atom stereocenters. The van der Waals surface area contributed by atoms with E-state index in [1.807, 2.05) is 6.92 Å². The maximum Gasteiger partial charge on any atom is 0.417 e. The van der Waals surface area contributed by atoms with E-state index in [9.17, 15) is 18.3 Å². The average molecular weight is 334 g/mol. The molecule has 1 aromatic carbocycles. The highest BCUT2D eigenvalue weighted by atomic mass is 19.4. The third-order valence-corrected chi connectivity index (χ3v) is 3.47. The number of aromatic hydroxyl groups is 1. The molecule has 0 saturated carbocycles. The van der Waals surface area contributed by atoms with Crippen LogP contribution in [0.5, 0.6) is 5.75 Å². The van der Waals surface area contributed by atoms with E-state index in [0.29, 0.717) is 11.3 Å². The zero-order chi connectivity index (χ0) is 17.5. The number of fused-ring (bicyclic) bond motifs is 1. The van der Waals surface area contributed by atoms with E-state index in [1.165, 1.54) is 16.5 Å². The Morgan fingerprint density at radius 3 is 2.54 bits per heavy atom. The molecule has 8 heteroatoms. The van der Waals surface area contributed by atoms with Crippen molar-refractivity contribution in [2.75, 3.05) is 0 Å². The molecular formula is C16H13F3N4O. The summed E-state index contributed by atoms with van der Waals surface area (Å²) >= 11 is 0. The Bertz CT molecular complexity index is 944. The van der Waals surface area contributed by atoms with Gasteiger partial charge in [0.2, 0.25) is 0 Å². The molecule has 124 valence electrons. The van der Waals surface area contributed by atoms with E-state index in [1.54, 1.807) is 19.1 Å². The highest BCUT2D eigenvalue weighted by Crippen LogP contribution is 2.33. The van der Waals surface area contributed by atoms with E-state index in [-0.39, 0.29) is 17.3 Å². The number of nitrogens with zero attached hydrogens (tertiary/aromatic N) is 4. The molecule has 0 spiro atoms. The molecule has 5 nitrogen and oxygen atoms in total. The third kappa shape index (κ3) is 2.94. The van der Waals surface area contributed by atoms with Gasteiger partial charge in [-0.2, -0.15) is 13.2 Å². The minimum atomic E-state index is -4.46. The van der Waals surface area contributed by atoms with Gasteiger partial charge in [-0.3, -0.25) is 4.40 Å². The third-order valence-electron chi connectivity index (χ3n) is 3.47. The molecule has 0 radical (unpaired) electrons. The first-order chi connectivity index (χ1) is 11.3. The van der Waals surface area contributed by atoms with Gasteiger partial charge in [0, 0.05) is 6.20 Å². The summed E-state index contributed by atoms with van der Waals surface area (Å²) in [5.74, 6) is 0.115. The predicted octanol–water partition coefficient (Wildman–Crippen LogP) is 5.09. The zero-order valence-corrected chi connectivity index (χ0v) is 12.8. The molecule has 3 aromatic rings. The first-order valence-corrected chi connectivity index (χ1v) is 7.03. The van der Waals surface area contributed by atoms with Crippen molar-refractivity contribution in [3.8, 4) is 5.75 Å². The van der Waals surface area contributed by atoms with Crippen LogP contribution in [0.15, 0.2) is 46.8 Å². The Morgan fingerprint density at radius 2 is 1.83 bits per heavy atom. The van der Waals surface area contributed by atoms with Crippen LogP contribution in [0.25, 0.3) is 5.65 Å². The van der Waals surface area contributed by atoms with Gasteiger partial charge in [-0.05, 0) is 43.7 Å². The number of aromatic nitrogens is 2. The number of benzene rings is 1. The van der Waals surface area contributed by atoms with Gasteiger partial charge in [-0.1, -0.05) is 6.07 Å². The average Bonchev–Trinajstić information content (AvgIpc) is 2.82. The molecule has 1 N–H and O–H groups in total. The van der Waals surface area contributed by atoms with Crippen LogP contribution in [-0.4, -0.2) is 14.5 Å². The number of rotatable bonds is 2. The van der Waals surface area contributed by atoms with Crippen molar-refractivity contribution in [2.24, 2.45) is 10.2 Å². The molecule has 0 amide bonds. The van der Waals surface area contributed by atoms with Crippen LogP contribution in [0, 0.1) is 13.8 Å². The molecule has 3 rings (SSSR count). The highest BCUT2D eigenvalue weighted by Gasteiger charge is 2.31. The minimum Gasteiger partial charge on any atom is -0.506 e. The van der Waals surface area contributed by atoms with E-state index in [2.05, 4.69) is 15.2 Å². The number of halogens is 3. The molecule has 0 aliphatic heterocycles. The van der Waals surface area contributed by atoms with Gasteiger partial charge in [-0.25, -0.2) is 4.98 Å². The van der Waals surface area contributed by atoms with Gasteiger partial charge in [0.05, 0.1) is 11.3 Å². The Morgan fingerprint density at radius 1 is 1.08 bits per heavy atom. The summed E-state index contributed by atoms with van der Waals surface area (Å²) < 4.78 is 39.9. The summed E-state index contributed by atoms with van der Waals surface area (Å²) in [6.45, 7) is 3.46. The molecule has 2 aromatic heterocycles. The zero-order valence-electron chi connectivity index (χ0n) is 12.8. The summed E-state index contributed by atoms with van der Waals surface area (Å²) in [5.41, 5.74) is 1.07. The molecule has 0 saturated heterocycles. The highest BCUT2D eigenvalue weighted by molar-refractivity contribution is 5.55. The fourth-order valence-electron chi connectivity index (χ4n) is 2.25. The number of phenols is 1. The predicted molar refractivity (Wildman–Crippen MR) is 82.0 cm³/mol. The molecule has 0 unspecified atom stereocenters. The van der Waals surface area contributed by atoms with E-state index in [4.69, 9.17) is 0 Å². The molecule has 2 heterocycles. The van der Waals surface area contributed by atoms with Crippen molar-refractivity contribution in [1.29, 1.82) is 0 Å². The SMILES string of the molecule is Cc1ccc(O)c(N=Nc2c(C)nc3ccc(C(F)(F)F)cn23)c1. The van der Waals surface area contributed by atoms with Gasteiger partial charge in [0.1, 0.15) is 17.1 Å². The lowest BCUT2D eigenvalue weighted by Crippen LogP contribution is -2.06. The maximum atomic E-state index is 12.9. The van der Waals surface area contributed by atoms with Crippen molar-refractivity contribution in [3.63, 3.8) is 0 Å². The smallest absolute Gasteiger partial charge is 0.417 e. The lowest BCUT2D eigenvalue weighted by molar-refractivity contribution is -0.137. The van der Waals surface area contributed by atoms with Crippen LogP contribution in [0.1, 0.15) is 16.8 Å². The van der Waals surface area contributed by atoms with Crippen LogP contribution in [0.2, 0.25) is 0 Å². The number of phenolic OH excluding ortho intramolecular Hbond substituents is 1. The number of pyridine rings is 1. The molecule has 0 bridgehead atoms. The van der Waals surface area contributed by atoms with Crippen molar-refractivity contribution in [1.82, 2.24) is 9.38 Å². The monoisotopic (exact) mass is 334 g/mol. The van der Waals surface area contributed by atoms with Crippen LogP contribution in [-0.2, 0) is 6.18 Å². The molecular weight excluding hydrogens is 321 g/mol. The van der Waals surface area contributed by atoms with Crippen molar-refractivity contribution >= 4 is 17.2 Å². The second kappa shape index (κ2) is 5.63. The van der Waals surface area contributed by atoms with Crippen molar-refractivity contribution in [3.05, 3.63) is 53.3 Å². The van der Waals surface area contributed by atoms with E-state index < -0.39 is 11.7 Å². The van der Waals surface area contributed by atoms with Gasteiger partial charge in [0.15, 0.2) is 5.82 Å². The van der Waals surface area contributed by atoms with Gasteiger partial charge >= 0.3 is 6.18 Å². The van der Waals surface area contributed by atoms with Crippen LogP contribution < -0.4 is 0 Å². The Labute approximate surface area is 135 Å². The second-order valence-corrected chi connectivity index (χ2v) is 5.36. The number of hydrogen-bond acceptors (Lipinski definition) is 4. The summed E-state index contributed by atoms with van der Waals surface area (Å²) in [6.07, 6.45) is -3.53. The lowest BCUT2D eigenvalue weighted by atomic mass is 10.2. The Kier molecular flexibility index (Phi) is 3.75. The van der Waals surface area contributed by atoms with Gasteiger partial charge in [-0.15, -0.1) is 10.2 Å². The van der Waals surface area contributed by atoms with Crippen LogP contribution >= 0.6 is 0 Å². The van der Waals surface area contributed by atoms with Gasteiger partial charge in [0.25, 0.3) is 0 Å². The summed E-state index contributed by atoms with van der Waals surface area (Å²) in [4.78, 5) is 4.17. The van der Waals surface area contributed by atoms with Crippen LogP contribution in [0.3, 0.4) is 0 Å². The fraction of sp³-hybridized carbons (Fsp3) is 0.188. The fourth-order valence-corrected chi connectivity index (χ4v) is 2.25. The van der Waals surface area contributed by atoms with E-state index in [0.717, 1.165) is 17.8 Å². The lowest BCUT2D eigenvalue weighted by Gasteiger charge is -2.07.